The van der Waals surface area contributed by atoms with Gasteiger partial charge in [0.2, 0.25) is 5.91 Å². The van der Waals surface area contributed by atoms with Crippen molar-refractivity contribution in [2.45, 2.75) is 18.6 Å². The molecule has 0 unspecified atom stereocenters. The molecule has 0 saturated carbocycles. The van der Waals surface area contributed by atoms with Crippen molar-refractivity contribution in [2.75, 3.05) is 4.90 Å². The largest absolute Gasteiger partial charge is 0.272 e. The van der Waals surface area contributed by atoms with E-state index in [1.165, 1.54) is 11.8 Å². The van der Waals surface area contributed by atoms with Gasteiger partial charge in [0, 0.05) is 4.47 Å². The number of benzene rings is 1. The minimum absolute atomic E-state index is 0.0365. The molecule has 1 fully saturated rings. The fourth-order valence-electron chi connectivity index (χ4n) is 1.50. The number of thiocarbonyl (C=S) groups is 1. The van der Waals surface area contributed by atoms with E-state index in [4.69, 9.17) is 12.2 Å². The number of amides is 1. The molecule has 1 aromatic carbocycles. The lowest BCUT2D eigenvalue weighted by Crippen LogP contribution is -2.35. The lowest BCUT2D eigenvalue weighted by atomic mass is 10.1. The predicted molar refractivity (Wildman–Crippen MR) is 75.9 cm³/mol. The van der Waals surface area contributed by atoms with Gasteiger partial charge in [-0.2, -0.15) is 0 Å². The number of thioether (sulfide) groups is 1. The molecular weight excluding hydrogens is 306 g/mol. The number of nitrogens with zero attached hydrogens (tertiary/aromatic N) is 1. The highest BCUT2D eigenvalue weighted by atomic mass is 79.9. The Morgan fingerprint density at radius 3 is 2.50 bits per heavy atom. The molecule has 1 aliphatic rings. The zero-order valence-corrected chi connectivity index (χ0v) is 12.1. The monoisotopic (exact) mass is 315 g/mol. The average Bonchev–Trinajstić information content (AvgIpc) is 2.39. The molecule has 2 nitrogen and oxygen atoms in total. The second kappa shape index (κ2) is 4.13. The van der Waals surface area contributed by atoms with Crippen molar-refractivity contribution in [1.82, 2.24) is 0 Å². The Hall–Kier alpha value is -0.390. The maximum absolute atomic E-state index is 12.2. The molecule has 0 aromatic heterocycles. The summed E-state index contributed by atoms with van der Waals surface area (Å²) < 4.78 is 1.03. The Kier molecular flexibility index (Phi) is 3.11. The van der Waals surface area contributed by atoms with Crippen molar-refractivity contribution in [3.63, 3.8) is 0 Å². The van der Waals surface area contributed by atoms with E-state index in [1.54, 1.807) is 4.90 Å². The molecule has 1 amide bonds. The number of para-hydroxylation sites is 1. The summed E-state index contributed by atoms with van der Waals surface area (Å²) in [5, 5.41) is 0. The Balaban J connectivity index is 2.47. The molecule has 0 N–H and O–H groups in total. The molecule has 5 heteroatoms. The molecule has 1 aliphatic heterocycles. The van der Waals surface area contributed by atoms with Gasteiger partial charge in [-0.15, -0.1) is 0 Å². The molecule has 84 valence electrons. The van der Waals surface area contributed by atoms with Gasteiger partial charge in [-0.1, -0.05) is 36.1 Å². The summed E-state index contributed by atoms with van der Waals surface area (Å²) >= 11 is 10.1. The first-order chi connectivity index (χ1) is 7.43. The lowest BCUT2D eigenvalue weighted by Gasteiger charge is -2.18. The minimum atomic E-state index is -0.466. The third-order valence-electron chi connectivity index (χ3n) is 2.34. The van der Waals surface area contributed by atoms with Gasteiger partial charge in [0.15, 0.2) is 0 Å². The highest BCUT2D eigenvalue weighted by Crippen LogP contribution is 2.41. The van der Waals surface area contributed by atoms with Crippen molar-refractivity contribution >= 4 is 55.8 Å². The van der Waals surface area contributed by atoms with E-state index in [2.05, 4.69) is 15.9 Å². The van der Waals surface area contributed by atoms with E-state index in [9.17, 15) is 4.79 Å². The van der Waals surface area contributed by atoms with Crippen LogP contribution in [0.2, 0.25) is 0 Å². The van der Waals surface area contributed by atoms with Gasteiger partial charge >= 0.3 is 0 Å². The molecule has 2 rings (SSSR count). The summed E-state index contributed by atoms with van der Waals surface area (Å²) in [5.74, 6) is 0.0365. The Bertz CT molecular complexity index is 473. The van der Waals surface area contributed by atoms with Crippen LogP contribution in [0.15, 0.2) is 28.7 Å². The number of carbonyl (C=O) groups is 1. The van der Waals surface area contributed by atoms with Crippen LogP contribution >= 0.6 is 39.9 Å². The van der Waals surface area contributed by atoms with Gasteiger partial charge in [-0.25, -0.2) is 0 Å². The van der Waals surface area contributed by atoms with Crippen LogP contribution in [-0.2, 0) is 4.79 Å². The topological polar surface area (TPSA) is 20.3 Å². The first-order valence-corrected chi connectivity index (χ1v) is 6.77. The zero-order valence-electron chi connectivity index (χ0n) is 8.86. The van der Waals surface area contributed by atoms with Crippen LogP contribution in [0, 0.1) is 0 Å². The predicted octanol–water partition coefficient (Wildman–Crippen LogP) is 3.59. The van der Waals surface area contributed by atoms with Crippen molar-refractivity contribution in [3.05, 3.63) is 28.7 Å². The van der Waals surface area contributed by atoms with Crippen LogP contribution in [0.5, 0.6) is 0 Å². The Labute approximate surface area is 113 Å². The molecule has 16 heavy (non-hydrogen) atoms. The quantitative estimate of drug-likeness (QED) is 0.739. The first kappa shape index (κ1) is 12.1. The summed E-state index contributed by atoms with van der Waals surface area (Å²) in [6.45, 7) is 3.78. The van der Waals surface area contributed by atoms with Gasteiger partial charge in [0.1, 0.15) is 4.32 Å². The zero-order chi connectivity index (χ0) is 11.9. The number of carbonyl (C=O) groups excluding carboxylic acids is 1. The molecule has 1 aromatic rings. The molecule has 1 heterocycles. The number of hydrogen-bond donors (Lipinski definition) is 0. The maximum Gasteiger partial charge on any atom is 0.248 e. The highest BCUT2D eigenvalue weighted by molar-refractivity contribution is 9.10. The van der Waals surface area contributed by atoms with Gasteiger partial charge < -0.3 is 0 Å². The van der Waals surface area contributed by atoms with Crippen molar-refractivity contribution < 1.29 is 4.79 Å². The Morgan fingerprint density at radius 2 is 2.00 bits per heavy atom. The Morgan fingerprint density at radius 1 is 1.38 bits per heavy atom. The molecule has 0 bridgehead atoms. The van der Waals surface area contributed by atoms with Crippen LogP contribution in [-0.4, -0.2) is 15.0 Å². The number of halogens is 1. The van der Waals surface area contributed by atoms with E-state index in [1.807, 2.05) is 38.1 Å². The number of anilines is 1. The molecule has 0 spiro atoms. The van der Waals surface area contributed by atoms with Gasteiger partial charge in [0.25, 0.3) is 0 Å². The fraction of sp³-hybridized carbons (Fsp3) is 0.273. The second-order valence-corrected chi connectivity index (χ2v) is 7.08. The minimum Gasteiger partial charge on any atom is -0.272 e. The van der Waals surface area contributed by atoms with Crippen molar-refractivity contribution in [1.29, 1.82) is 0 Å². The third kappa shape index (κ3) is 1.92. The second-order valence-electron chi connectivity index (χ2n) is 3.97. The van der Waals surface area contributed by atoms with Crippen molar-refractivity contribution in [3.8, 4) is 0 Å². The molecule has 1 saturated heterocycles. The summed E-state index contributed by atoms with van der Waals surface area (Å²) in [4.78, 5) is 13.8. The lowest BCUT2D eigenvalue weighted by molar-refractivity contribution is -0.118. The molecule has 0 aliphatic carbocycles. The number of hydrogen-bond acceptors (Lipinski definition) is 3. The highest BCUT2D eigenvalue weighted by Gasteiger charge is 2.44. The summed E-state index contributed by atoms with van der Waals surface area (Å²) in [5.41, 5.74) is 0.815. The van der Waals surface area contributed by atoms with Crippen LogP contribution in [0.4, 0.5) is 5.69 Å². The average molecular weight is 316 g/mol. The maximum atomic E-state index is 12.2. The van der Waals surface area contributed by atoms with E-state index in [-0.39, 0.29) is 5.91 Å². The van der Waals surface area contributed by atoms with E-state index in [0.717, 1.165) is 10.2 Å². The molecular formula is C11H10BrNOS2. The number of rotatable bonds is 1. The van der Waals surface area contributed by atoms with Crippen LogP contribution in [0.1, 0.15) is 13.8 Å². The summed E-state index contributed by atoms with van der Waals surface area (Å²) in [7, 11) is 0. The van der Waals surface area contributed by atoms with Crippen LogP contribution in [0.3, 0.4) is 0 Å². The van der Waals surface area contributed by atoms with Gasteiger partial charge in [-0.3, -0.25) is 9.69 Å². The fourth-order valence-corrected chi connectivity index (χ4v) is 3.66. The first-order valence-electron chi connectivity index (χ1n) is 4.75. The van der Waals surface area contributed by atoms with Crippen molar-refractivity contribution in [2.24, 2.45) is 0 Å². The van der Waals surface area contributed by atoms with E-state index >= 15 is 0 Å². The standard InChI is InChI=1S/C11H10BrNOS2/c1-11(2)9(14)13(10(15)16-11)8-6-4-3-5-7(8)12/h3-6H,1-2H3. The molecule has 0 atom stereocenters. The molecule has 0 radical (unpaired) electrons. The van der Waals surface area contributed by atoms with Gasteiger partial charge in [-0.05, 0) is 41.9 Å². The van der Waals surface area contributed by atoms with Gasteiger partial charge in [0.05, 0.1) is 10.4 Å². The van der Waals surface area contributed by atoms with Crippen LogP contribution in [0.25, 0.3) is 0 Å². The SMILES string of the molecule is CC1(C)SC(=S)N(c2ccccc2Br)C1=O. The normalized spacial score (nSPS) is 19.3. The third-order valence-corrected chi connectivity index (χ3v) is 4.48. The van der Waals surface area contributed by atoms with Crippen LogP contribution < -0.4 is 4.90 Å². The smallest absolute Gasteiger partial charge is 0.248 e. The summed E-state index contributed by atoms with van der Waals surface area (Å²) in [6.07, 6.45) is 0. The van der Waals surface area contributed by atoms with E-state index in [0.29, 0.717) is 4.32 Å². The van der Waals surface area contributed by atoms with E-state index < -0.39 is 4.75 Å². The summed E-state index contributed by atoms with van der Waals surface area (Å²) in [6, 6.07) is 7.60.